The monoisotopic (exact) mass is 339 g/mol. The summed E-state index contributed by atoms with van der Waals surface area (Å²) in [7, 11) is 1.90. The smallest absolute Gasteiger partial charge is 0.261 e. The molecule has 1 aliphatic rings. The zero-order valence-corrected chi connectivity index (χ0v) is 14.3. The van der Waals surface area contributed by atoms with Crippen LogP contribution in [0.15, 0.2) is 48.8 Å². The number of nitrogens with zero attached hydrogens (tertiary/aromatic N) is 3. The SMILES string of the molecule is CC(c1ccncc1)N(C)CC(O)CN1C(=O)c2ccccc2C1=O. The number of carbonyl (C=O) groups excluding carboxylic acids is 2. The van der Waals surface area contributed by atoms with Crippen molar-refractivity contribution in [3.8, 4) is 0 Å². The number of imide groups is 1. The summed E-state index contributed by atoms with van der Waals surface area (Å²) in [5, 5.41) is 10.4. The molecule has 0 saturated heterocycles. The number of fused-ring (bicyclic) bond motifs is 1. The van der Waals surface area contributed by atoms with Crippen LogP contribution in [-0.4, -0.2) is 57.9 Å². The van der Waals surface area contributed by atoms with E-state index in [1.807, 2.05) is 31.0 Å². The van der Waals surface area contributed by atoms with Crippen LogP contribution in [-0.2, 0) is 0 Å². The lowest BCUT2D eigenvalue weighted by molar-refractivity contribution is 0.0466. The molecule has 2 amide bonds. The molecule has 2 heterocycles. The lowest BCUT2D eigenvalue weighted by atomic mass is 10.1. The van der Waals surface area contributed by atoms with Gasteiger partial charge in [0.15, 0.2) is 0 Å². The fraction of sp³-hybridized carbons (Fsp3) is 0.316. The number of benzene rings is 1. The van der Waals surface area contributed by atoms with Gasteiger partial charge in [0.05, 0.1) is 23.8 Å². The molecule has 130 valence electrons. The Labute approximate surface area is 146 Å². The van der Waals surface area contributed by atoms with Crippen LogP contribution in [0.5, 0.6) is 0 Å². The molecule has 0 saturated carbocycles. The second kappa shape index (κ2) is 7.13. The Hall–Kier alpha value is -2.57. The Balaban J connectivity index is 1.62. The van der Waals surface area contributed by atoms with Gasteiger partial charge in [-0.3, -0.25) is 24.4 Å². The van der Waals surface area contributed by atoms with Crippen LogP contribution in [0, 0.1) is 0 Å². The average Bonchev–Trinajstić information content (AvgIpc) is 2.87. The predicted molar refractivity (Wildman–Crippen MR) is 93.1 cm³/mol. The van der Waals surface area contributed by atoms with Gasteiger partial charge in [0, 0.05) is 25.0 Å². The Morgan fingerprint density at radius 3 is 2.20 bits per heavy atom. The van der Waals surface area contributed by atoms with Crippen LogP contribution >= 0.6 is 0 Å². The molecule has 2 unspecified atom stereocenters. The van der Waals surface area contributed by atoms with Crippen molar-refractivity contribution in [1.29, 1.82) is 0 Å². The number of carbonyl (C=O) groups is 2. The molecule has 2 aromatic rings. The molecule has 6 heteroatoms. The van der Waals surface area contributed by atoms with Crippen molar-refractivity contribution in [2.75, 3.05) is 20.1 Å². The normalized spacial score (nSPS) is 16.2. The van der Waals surface area contributed by atoms with Gasteiger partial charge in [-0.2, -0.15) is 0 Å². The number of β-amino-alcohol motifs (C(OH)–C–C–N with tert-alkyl or cyclic N) is 1. The van der Waals surface area contributed by atoms with Crippen molar-refractivity contribution in [3.63, 3.8) is 0 Å². The van der Waals surface area contributed by atoms with E-state index in [4.69, 9.17) is 0 Å². The zero-order chi connectivity index (χ0) is 18.0. The summed E-state index contributed by atoms with van der Waals surface area (Å²) < 4.78 is 0. The first kappa shape index (κ1) is 17.3. The van der Waals surface area contributed by atoms with Gasteiger partial charge in [-0.15, -0.1) is 0 Å². The summed E-state index contributed by atoms with van der Waals surface area (Å²) in [4.78, 5) is 31.8. The maximum absolute atomic E-state index is 12.4. The summed E-state index contributed by atoms with van der Waals surface area (Å²) in [5.41, 5.74) is 1.89. The topological polar surface area (TPSA) is 73.7 Å². The van der Waals surface area contributed by atoms with E-state index in [2.05, 4.69) is 4.98 Å². The van der Waals surface area contributed by atoms with Gasteiger partial charge >= 0.3 is 0 Å². The summed E-state index contributed by atoms with van der Waals surface area (Å²) in [5.74, 6) is -0.686. The molecule has 3 rings (SSSR count). The highest BCUT2D eigenvalue weighted by atomic mass is 16.3. The standard InChI is InChI=1S/C19H21N3O3/c1-13(14-7-9-20-10-8-14)21(2)11-15(23)12-22-18(24)16-5-3-4-6-17(16)19(22)25/h3-10,13,15,23H,11-12H2,1-2H3. The molecule has 2 atom stereocenters. The van der Waals surface area contributed by atoms with Gasteiger partial charge in [-0.05, 0) is 43.8 Å². The third-order valence-corrected chi connectivity index (χ3v) is 4.62. The van der Waals surface area contributed by atoms with Crippen molar-refractivity contribution in [1.82, 2.24) is 14.8 Å². The highest BCUT2D eigenvalue weighted by Gasteiger charge is 2.36. The molecule has 1 N–H and O–H groups in total. The van der Waals surface area contributed by atoms with E-state index >= 15 is 0 Å². The zero-order valence-electron chi connectivity index (χ0n) is 14.3. The number of aliphatic hydroxyl groups is 1. The Morgan fingerprint density at radius 2 is 1.64 bits per heavy atom. The molecule has 6 nitrogen and oxygen atoms in total. The Kier molecular flexibility index (Phi) is 4.92. The van der Waals surface area contributed by atoms with Crippen LogP contribution < -0.4 is 0 Å². The summed E-state index contributed by atoms with van der Waals surface area (Å²) >= 11 is 0. The van der Waals surface area contributed by atoms with Crippen molar-refractivity contribution >= 4 is 11.8 Å². The van der Waals surface area contributed by atoms with E-state index in [0.717, 1.165) is 10.5 Å². The van der Waals surface area contributed by atoms with Crippen molar-refractivity contribution < 1.29 is 14.7 Å². The molecule has 0 bridgehead atoms. The summed E-state index contributed by atoms with van der Waals surface area (Å²) in [6.07, 6.45) is 2.64. The molecule has 0 aliphatic carbocycles. The molecule has 1 aromatic carbocycles. The summed E-state index contributed by atoms with van der Waals surface area (Å²) in [6, 6.07) is 10.7. The molecule has 25 heavy (non-hydrogen) atoms. The fourth-order valence-electron chi connectivity index (χ4n) is 3.06. The van der Waals surface area contributed by atoms with Crippen molar-refractivity contribution in [2.45, 2.75) is 19.1 Å². The fourth-order valence-corrected chi connectivity index (χ4v) is 3.06. The molecule has 1 aromatic heterocycles. The lowest BCUT2D eigenvalue weighted by Gasteiger charge is -2.28. The molecular weight excluding hydrogens is 318 g/mol. The first-order valence-corrected chi connectivity index (χ1v) is 8.22. The van der Waals surface area contributed by atoms with E-state index in [9.17, 15) is 14.7 Å². The van der Waals surface area contributed by atoms with E-state index in [1.165, 1.54) is 0 Å². The molecule has 0 fully saturated rings. The predicted octanol–water partition coefficient (Wildman–Crippen LogP) is 1.73. The second-order valence-corrected chi connectivity index (χ2v) is 6.32. The minimum atomic E-state index is -0.823. The highest BCUT2D eigenvalue weighted by molar-refractivity contribution is 6.21. The number of hydrogen-bond acceptors (Lipinski definition) is 5. The van der Waals surface area contributed by atoms with Gasteiger partial charge in [-0.1, -0.05) is 12.1 Å². The number of hydrogen-bond donors (Lipinski definition) is 1. The quantitative estimate of drug-likeness (QED) is 0.812. The van der Waals surface area contributed by atoms with Crippen LogP contribution in [0.3, 0.4) is 0 Å². The number of amides is 2. The van der Waals surface area contributed by atoms with E-state index in [1.54, 1.807) is 36.7 Å². The van der Waals surface area contributed by atoms with Gasteiger partial charge in [0.2, 0.25) is 0 Å². The second-order valence-electron chi connectivity index (χ2n) is 6.32. The number of aliphatic hydroxyl groups excluding tert-OH is 1. The van der Waals surface area contributed by atoms with Crippen LogP contribution in [0.1, 0.15) is 39.2 Å². The third kappa shape index (κ3) is 3.45. The van der Waals surface area contributed by atoms with Gasteiger partial charge in [0.25, 0.3) is 11.8 Å². The maximum atomic E-state index is 12.4. The van der Waals surface area contributed by atoms with E-state index in [0.29, 0.717) is 17.7 Å². The minimum Gasteiger partial charge on any atom is -0.390 e. The van der Waals surface area contributed by atoms with Gasteiger partial charge in [-0.25, -0.2) is 0 Å². The average molecular weight is 339 g/mol. The van der Waals surface area contributed by atoms with Crippen LogP contribution in [0.4, 0.5) is 0 Å². The van der Waals surface area contributed by atoms with Crippen LogP contribution in [0.2, 0.25) is 0 Å². The third-order valence-electron chi connectivity index (χ3n) is 4.62. The van der Waals surface area contributed by atoms with E-state index in [-0.39, 0.29) is 24.4 Å². The molecule has 0 spiro atoms. The largest absolute Gasteiger partial charge is 0.390 e. The first-order valence-electron chi connectivity index (χ1n) is 8.22. The van der Waals surface area contributed by atoms with Gasteiger partial charge < -0.3 is 5.11 Å². The summed E-state index contributed by atoms with van der Waals surface area (Å²) in [6.45, 7) is 2.36. The van der Waals surface area contributed by atoms with Crippen molar-refractivity contribution in [3.05, 3.63) is 65.5 Å². The van der Waals surface area contributed by atoms with Crippen molar-refractivity contribution in [2.24, 2.45) is 0 Å². The molecular formula is C19H21N3O3. The Morgan fingerprint density at radius 1 is 1.08 bits per heavy atom. The number of rotatable bonds is 6. The first-order chi connectivity index (χ1) is 12.0. The number of aromatic nitrogens is 1. The van der Waals surface area contributed by atoms with Crippen LogP contribution in [0.25, 0.3) is 0 Å². The molecule has 0 radical (unpaired) electrons. The number of likely N-dealkylation sites (N-methyl/N-ethyl adjacent to an activating group) is 1. The lowest BCUT2D eigenvalue weighted by Crippen LogP contribution is -2.42. The molecule has 1 aliphatic heterocycles. The highest BCUT2D eigenvalue weighted by Crippen LogP contribution is 2.23. The van der Waals surface area contributed by atoms with Gasteiger partial charge in [0.1, 0.15) is 0 Å². The minimum absolute atomic E-state index is 0.0141. The van der Waals surface area contributed by atoms with E-state index < -0.39 is 6.10 Å². The maximum Gasteiger partial charge on any atom is 0.261 e. The Bertz CT molecular complexity index is 743. The number of pyridine rings is 1.